The SMILES string of the molecule is c1ccc2nc3c(ccc4nccnc43)nc2c1. The summed E-state index contributed by atoms with van der Waals surface area (Å²) in [7, 11) is 0. The van der Waals surface area contributed by atoms with Crippen molar-refractivity contribution in [2.24, 2.45) is 0 Å². The molecule has 2 aromatic carbocycles. The van der Waals surface area contributed by atoms with Gasteiger partial charge in [-0.15, -0.1) is 0 Å². The number of aromatic nitrogens is 4. The molecule has 0 saturated heterocycles. The van der Waals surface area contributed by atoms with E-state index >= 15 is 0 Å². The summed E-state index contributed by atoms with van der Waals surface area (Å²) in [6.07, 6.45) is 3.36. The van der Waals surface area contributed by atoms with Gasteiger partial charge in [-0.1, -0.05) is 12.1 Å². The fourth-order valence-corrected chi connectivity index (χ4v) is 2.12. The van der Waals surface area contributed by atoms with Gasteiger partial charge in [-0.25, -0.2) is 9.97 Å². The van der Waals surface area contributed by atoms with Crippen molar-refractivity contribution in [2.45, 2.75) is 0 Å². The highest BCUT2D eigenvalue weighted by molar-refractivity contribution is 6.02. The van der Waals surface area contributed by atoms with Crippen LogP contribution in [0.1, 0.15) is 0 Å². The lowest BCUT2D eigenvalue weighted by Gasteiger charge is -2.02. The van der Waals surface area contributed by atoms with Gasteiger partial charge in [-0.05, 0) is 24.3 Å². The van der Waals surface area contributed by atoms with Crippen LogP contribution in [0, 0.1) is 0 Å². The van der Waals surface area contributed by atoms with Crippen molar-refractivity contribution in [1.82, 2.24) is 19.9 Å². The number of para-hydroxylation sites is 2. The van der Waals surface area contributed by atoms with Crippen molar-refractivity contribution in [1.29, 1.82) is 0 Å². The number of nitrogens with zero attached hydrogens (tertiary/aromatic N) is 4. The van der Waals surface area contributed by atoms with Gasteiger partial charge in [-0.2, -0.15) is 0 Å². The van der Waals surface area contributed by atoms with E-state index in [0.717, 1.165) is 33.1 Å². The molecule has 4 nitrogen and oxygen atoms in total. The molecular weight excluding hydrogens is 224 g/mol. The molecule has 4 rings (SSSR count). The van der Waals surface area contributed by atoms with Crippen LogP contribution in [-0.2, 0) is 0 Å². The van der Waals surface area contributed by atoms with Gasteiger partial charge in [-0.3, -0.25) is 9.97 Å². The van der Waals surface area contributed by atoms with Gasteiger partial charge >= 0.3 is 0 Å². The standard InChI is InChI=1S/C14H8N4/c1-2-4-10-9(3-1)17-12-6-5-11-13(14(12)18-10)16-8-7-15-11/h1-8H. The van der Waals surface area contributed by atoms with E-state index in [0.29, 0.717) is 0 Å². The summed E-state index contributed by atoms with van der Waals surface area (Å²) in [6, 6.07) is 11.7. The van der Waals surface area contributed by atoms with Crippen LogP contribution in [0.15, 0.2) is 48.8 Å². The van der Waals surface area contributed by atoms with Crippen LogP contribution < -0.4 is 0 Å². The summed E-state index contributed by atoms with van der Waals surface area (Å²) in [5.41, 5.74) is 5.07. The first-order chi connectivity index (χ1) is 8.92. The highest BCUT2D eigenvalue weighted by atomic mass is 14.8. The quantitative estimate of drug-likeness (QED) is 0.345. The van der Waals surface area contributed by atoms with Gasteiger partial charge in [0.05, 0.1) is 22.1 Å². The molecule has 0 atom stereocenters. The zero-order valence-electron chi connectivity index (χ0n) is 9.41. The van der Waals surface area contributed by atoms with Crippen LogP contribution in [0.3, 0.4) is 0 Å². The number of fused-ring (bicyclic) bond motifs is 4. The number of hydrogen-bond donors (Lipinski definition) is 0. The third kappa shape index (κ3) is 1.26. The first-order valence-electron chi connectivity index (χ1n) is 5.68. The summed E-state index contributed by atoms with van der Waals surface area (Å²) < 4.78 is 0. The Morgan fingerprint density at radius 2 is 1.28 bits per heavy atom. The molecule has 0 fully saturated rings. The Balaban J connectivity index is 2.27. The third-order valence-corrected chi connectivity index (χ3v) is 2.95. The summed E-state index contributed by atoms with van der Waals surface area (Å²) >= 11 is 0. The van der Waals surface area contributed by atoms with Crippen LogP contribution in [0.2, 0.25) is 0 Å². The lowest BCUT2D eigenvalue weighted by atomic mass is 10.2. The van der Waals surface area contributed by atoms with Crippen molar-refractivity contribution in [3.63, 3.8) is 0 Å². The fourth-order valence-electron chi connectivity index (χ4n) is 2.12. The first-order valence-corrected chi connectivity index (χ1v) is 5.68. The summed E-state index contributed by atoms with van der Waals surface area (Å²) in [4.78, 5) is 17.9. The molecule has 0 aliphatic heterocycles. The second-order valence-electron chi connectivity index (χ2n) is 4.07. The van der Waals surface area contributed by atoms with Crippen molar-refractivity contribution in [3.05, 3.63) is 48.8 Å². The van der Waals surface area contributed by atoms with Gasteiger partial charge in [0.25, 0.3) is 0 Å². The van der Waals surface area contributed by atoms with Crippen LogP contribution in [-0.4, -0.2) is 19.9 Å². The van der Waals surface area contributed by atoms with Gasteiger partial charge in [0.1, 0.15) is 11.0 Å². The van der Waals surface area contributed by atoms with E-state index in [1.807, 2.05) is 36.4 Å². The Morgan fingerprint density at radius 3 is 2.17 bits per heavy atom. The monoisotopic (exact) mass is 232 g/mol. The number of rotatable bonds is 0. The van der Waals surface area contributed by atoms with E-state index in [1.54, 1.807) is 12.4 Å². The van der Waals surface area contributed by atoms with E-state index in [4.69, 9.17) is 0 Å². The van der Waals surface area contributed by atoms with Crippen molar-refractivity contribution >= 4 is 33.1 Å². The highest BCUT2D eigenvalue weighted by Gasteiger charge is 2.06. The zero-order chi connectivity index (χ0) is 11.9. The maximum Gasteiger partial charge on any atom is 0.117 e. The van der Waals surface area contributed by atoms with Crippen LogP contribution >= 0.6 is 0 Å². The summed E-state index contributed by atoms with van der Waals surface area (Å²) in [5.74, 6) is 0. The minimum absolute atomic E-state index is 0.799. The van der Waals surface area contributed by atoms with Gasteiger partial charge in [0, 0.05) is 12.4 Å². The van der Waals surface area contributed by atoms with Crippen molar-refractivity contribution in [3.8, 4) is 0 Å². The first kappa shape index (κ1) is 9.41. The lowest BCUT2D eigenvalue weighted by molar-refractivity contribution is 1.29. The molecule has 18 heavy (non-hydrogen) atoms. The molecule has 0 spiro atoms. The minimum atomic E-state index is 0.799. The minimum Gasteiger partial charge on any atom is -0.253 e. The molecule has 4 heteroatoms. The Morgan fingerprint density at radius 1 is 0.556 bits per heavy atom. The van der Waals surface area contributed by atoms with E-state index in [9.17, 15) is 0 Å². The Labute approximate surface area is 102 Å². The molecule has 0 saturated carbocycles. The molecule has 4 aromatic rings. The zero-order valence-corrected chi connectivity index (χ0v) is 9.41. The van der Waals surface area contributed by atoms with E-state index < -0.39 is 0 Å². The molecule has 2 aromatic heterocycles. The molecule has 0 N–H and O–H groups in total. The topological polar surface area (TPSA) is 51.6 Å². The largest absolute Gasteiger partial charge is 0.253 e. The molecule has 2 heterocycles. The highest BCUT2D eigenvalue weighted by Crippen LogP contribution is 2.21. The van der Waals surface area contributed by atoms with Crippen LogP contribution in [0.5, 0.6) is 0 Å². The fraction of sp³-hybridized carbons (Fsp3) is 0. The lowest BCUT2D eigenvalue weighted by Crippen LogP contribution is -1.91. The normalized spacial score (nSPS) is 11.3. The van der Waals surface area contributed by atoms with Crippen LogP contribution in [0.4, 0.5) is 0 Å². The molecular formula is C14H8N4. The molecule has 0 unspecified atom stereocenters. The average molecular weight is 232 g/mol. The maximum atomic E-state index is 4.64. The third-order valence-electron chi connectivity index (χ3n) is 2.95. The predicted molar refractivity (Wildman–Crippen MR) is 70.1 cm³/mol. The maximum absolute atomic E-state index is 4.64. The molecule has 0 aliphatic rings. The molecule has 0 amide bonds. The summed E-state index contributed by atoms with van der Waals surface area (Å²) in [6.45, 7) is 0. The summed E-state index contributed by atoms with van der Waals surface area (Å²) in [5, 5.41) is 0. The smallest absolute Gasteiger partial charge is 0.117 e. The Hall–Kier alpha value is -2.62. The second kappa shape index (κ2) is 3.43. The van der Waals surface area contributed by atoms with Gasteiger partial charge in [0.15, 0.2) is 0 Å². The van der Waals surface area contributed by atoms with Crippen LogP contribution in [0.25, 0.3) is 33.1 Å². The van der Waals surface area contributed by atoms with E-state index in [2.05, 4.69) is 19.9 Å². The number of benzene rings is 2. The molecule has 0 radical (unpaired) electrons. The second-order valence-corrected chi connectivity index (χ2v) is 4.07. The molecule has 84 valence electrons. The van der Waals surface area contributed by atoms with Gasteiger partial charge in [0.2, 0.25) is 0 Å². The van der Waals surface area contributed by atoms with E-state index in [1.165, 1.54) is 0 Å². The Bertz CT molecular complexity index is 880. The number of hydrogen-bond acceptors (Lipinski definition) is 4. The van der Waals surface area contributed by atoms with Crippen molar-refractivity contribution in [2.75, 3.05) is 0 Å². The predicted octanol–water partition coefficient (Wildman–Crippen LogP) is 2.73. The average Bonchev–Trinajstić information content (AvgIpc) is 2.45. The van der Waals surface area contributed by atoms with Gasteiger partial charge < -0.3 is 0 Å². The molecule has 0 bridgehead atoms. The van der Waals surface area contributed by atoms with E-state index in [-0.39, 0.29) is 0 Å². The van der Waals surface area contributed by atoms with Crippen molar-refractivity contribution < 1.29 is 0 Å². The molecule has 0 aliphatic carbocycles. The Kier molecular flexibility index (Phi) is 1.80.